The lowest BCUT2D eigenvalue weighted by Gasteiger charge is -2.26. The molecule has 3 heteroatoms. The van der Waals surface area contributed by atoms with Gasteiger partial charge in [-0.3, -0.25) is 4.79 Å². The highest BCUT2D eigenvalue weighted by atomic mass is 16.3. The summed E-state index contributed by atoms with van der Waals surface area (Å²) in [6, 6.07) is 5.30. The molecule has 2 N–H and O–H groups in total. The average Bonchev–Trinajstić information content (AvgIpc) is 2.62. The molecule has 1 unspecified atom stereocenters. The lowest BCUT2D eigenvalue weighted by molar-refractivity contribution is -0.122. The van der Waals surface area contributed by atoms with Crippen LogP contribution in [0.1, 0.15) is 38.7 Å². The van der Waals surface area contributed by atoms with Gasteiger partial charge in [0, 0.05) is 5.92 Å². The minimum atomic E-state index is 0.0247. The normalized spacial score (nSPS) is 21.8. The van der Waals surface area contributed by atoms with Gasteiger partial charge in [-0.25, -0.2) is 0 Å². The van der Waals surface area contributed by atoms with Crippen LogP contribution < -0.4 is 5.32 Å². The number of aryl methyl sites for hydroxylation is 1. The SMILES string of the molecule is Cc1ccc(NC(=O)C2CCCC2(C)C)c(O)c1. The quantitative estimate of drug-likeness (QED) is 0.786. The van der Waals surface area contributed by atoms with E-state index in [4.69, 9.17) is 0 Å². The molecule has 0 bridgehead atoms. The maximum Gasteiger partial charge on any atom is 0.228 e. The van der Waals surface area contributed by atoms with Gasteiger partial charge in [0.2, 0.25) is 5.91 Å². The summed E-state index contributed by atoms with van der Waals surface area (Å²) in [5, 5.41) is 12.6. The Morgan fingerprint density at radius 2 is 2.17 bits per heavy atom. The third kappa shape index (κ3) is 2.50. The first kappa shape index (κ1) is 12.9. The number of carbonyl (C=O) groups is 1. The maximum absolute atomic E-state index is 12.2. The van der Waals surface area contributed by atoms with Crippen LogP contribution in [0.5, 0.6) is 5.75 Å². The Morgan fingerprint density at radius 1 is 1.44 bits per heavy atom. The molecule has 0 spiro atoms. The van der Waals surface area contributed by atoms with E-state index >= 15 is 0 Å². The predicted octanol–water partition coefficient (Wildman–Crippen LogP) is 3.47. The van der Waals surface area contributed by atoms with E-state index in [1.54, 1.807) is 12.1 Å². The van der Waals surface area contributed by atoms with Crippen molar-refractivity contribution in [1.82, 2.24) is 0 Å². The molecular formula is C15H21NO2. The lowest BCUT2D eigenvalue weighted by atomic mass is 9.81. The molecule has 0 saturated heterocycles. The molecule has 1 aromatic rings. The second-order valence-electron chi connectivity index (χ2n) is 5.94. The van der Waals surface area contributed by atoms with Crippen LogP contribution in [0.15, 0.2) is 18.2 Å². The third-order valence-electron chi connectivity index (χ3n) is 3.98. The zero-order chi connectivity index (χ0) is 13.3. The van der Waals surface area contributed by atoms with E-state index in [-0.39, 0.29) is 23.0 Å². The fraction of sp³-hybridized carbons (Fsp3) is 0.533. The third-order valence-corrected chi connectivity index (χ3v) is 3.98. The molecule has 18 heavy (non-hydrogen) atoms. The first-order valence-corrected chi connectivity index (χ1v) is 6.50. The Hall–Kier alpha value is -1.51. The topological polar surface area (TPSA) is 49.3 Å². The molecule has 0 aromatic heterocycles. The van der Waals surface area contributed by atoms with Crippen LogP contribution in [0.2, 0.25) is 0 Å². The Morgan fingerprint density at radius 3 is 2.72 bits per heavy atom. The standard InChI is InChI=1S/C15H21NO2/c1-10-6-7-12(13(17)9-10)16-14(18)11-5-4-8-15(11,2)3/h6-7,9,11,17H,4-5,8H2,1-3H3,(H,16,18). The van der Waals surface area contributed by atoms with Gasteiger partial charge in [0.1, 0.15) is 5.75 Å². The van der Waals surface area contributed by atoms with Crippen LogP contribution in [-0.4, -0.2) is 11.0 Å². The number of phenols is 1. The van der Waals surface area contributed by atoms with E-state index in [0.29, 0.717) is 5.69 Å². The molecule has 1 atom stereocenters. The number of carbonyl (C=O) groups excluding carboxylic acids is 1. The zero-order valence-electron chi connectivity index (χ0n) is 11.3. The van der Waals surface area contributed by atoms with Crippen molar-refractivity contribution in [2.45, 2.75) is 40.0 Å². The minimum absolute atomic E-state index is 0.0247. The van der Waals surface area contributed by atoms with Crippen LogP contribution in [0.4, 0.5) is 5.69 Å². The van der Waals surface area contributed by atoms with E-state index in [9.17, 15) is 9.90 Å². The predicted molar refractivity (Wildman–Crippen MR) is 72.6 cm³/mol. The first-order chi connectivity index (χ1) is 8.40. The molecular weight excluding hydrogens is 226 g/mol. The van der Waals surface area contributed by atoms with Crippen molar-refractivity contribution in [1.29, 1.82) is 0 Å². The zero-order valence-corrected chi connectivity index (χ0v) is 11.3. The highest BCUT2D eigenvalue weighted by Gasteiger charge is 2.39. The molecule has 98 valence electrons. The van der Waals surface area contributed by atoms with Gasteiger partial charge in [0.05, 0.1) is 5.69 Å². The van der Waals surface area contributed by atoms with E-state index in [1.807, 2.05) is 13.0 Å². The number of nitrogens with one attached hydrogen (secondary N) is 1. The molecule has 1 amide bonds. The smallest absolute Gasteiger partial charge is 0.228 e. The fourth-order valence-electron chi connectivity index (χ4n) is 2.78. The molecule has 1 aromatic carbocycles. The van der Waals surface area contributed by atoms with E-state index < -0.39 is 0 Å². The molecule has 1 aliphatic rings. The van der Waals surface area contributed by atoms with Crippen LogP contribution in [0, 0.1) is 18.3 Å². The summed E-state index contributed by atoms with van der Waals surface area (Å²) in [5.74, 6) is 0.203. The molecule has 0 radical (unpaired) electrons. The van der Waals surface area contributed by atoms with Gasteiger partial charge in [-0.1, -0.05) is 26.3 Å². The molecule has 1 aliphatic carbocycles. The van der Waals surface area contributed by atoms with Gasteiger partial charge in [0.25, 0.3) is 0 Å². The number of rotatable bonds is 2. The number of hydrogen-bond donors (Lipinski definition) is 2. The number of aromatic hydroxyl groups is 1. The highest BCUT2D eigenvalue weighted by molar-refractivity contribution is 5.94. The van der Waals surface area contributed by atoms with Gasteiger partial charge in [-0.05, 0) is 42.9 Å². The molecule has 2 rings (SSSR count). The minimum Gasteiger partial charge on any atom is -0.506 e. The van der Waals surface area contributed by atoms with Crippen molar-refractivity contribution in [3.05, 3.63) is 23.8 Å². The Balaban J connectivity index is 2.12. The monoisotopic (exact) mass is 247 g/mol. The van der Waals surface area contributed by atoms with Crippen LogP contribution >= 0.6 is 0 Å². The molecule has 3 nitrogen and oxygen atoms in total. The van der Waals surface area contributed by atoms with Crippen molar-refractivity contribution in [2.75, 3.05) is 5.32 Å². The number of benzene rings is 1. The Kier molecular flexibility index (Phi) is 3.33. The van der Waals surface area contributed by atoms with Crippen LogP contribution in [0.3, 0.4) is 0 Å². The molecule has 0 heterocycles. The van der Waals surface area contributed by atoms with E-state index in [1.165, 1.54) is 0 Å². The van der Waals surface area contributed by atoms with Gasteiger partial charge < -0.3 is 10.4 Å². The lowest BCUT2D eigenvalue weighted by Crippen LogP contribution is -2.30. The van der Waals surface area contributed by atoms with Crippen molar-refractivity contribution in [3.63, 3.8) is 0 Å². The Bertz CT molecular complexity index is 466. The van der Waals surface area contributed by atoms with Gasteiger partial charge in [0.15, 0.2) is 0 Å². The van der Waals surface area contributed by atoms with Gasteiger partial charge >= 0.3 is 0 Å². The maximum atomic E-state index is 12.2. The second-order valence-corrected chi connectivity index (χ2v) is 5.94. The molecule has 0 aliphatic heterocycles. The van der Waals surface area contributed by atoms with Crippen LogP contribution in [-0.2, 0) is 4.79 Å². The second kappa shape index (κ2) is 4.63. The summed E-state index contributed by atoms with van der Waals surface area (Å²) in [4.78, 5) is 12.2. The summed E-state index contributed by atoms with van der Waals surface area (Å²) in [7, 11) is 0. The molecule has 1 saturated carbocycles. The number of amides is 1. The van der Waals surface area contributed by atoms with Gasteiger partial charge in [-0.2, -0.15) is 0 Å². The summed E-state index contributed by atoms with van der Waals surface area (Å²) < 4.78 is 0. The Labute approximate surface area is 108 Å². The van der Waals surface area contributed by atoms with Crippen molar-refractivity contribution in [2.24, 2.45) is 11.3 Å². The highest BCUT2D eigenvalue weighted by Crippen LogP contribution is 2.43. The summed E-state index contributed by atoms with van der Waals surface area (Å²) in [6.45, 7) is 6.18. The van der Waals surface area contributed by atoms with E-state index in [0.717, 1.165) is 24.8 Å². The largest absolute Gasteiger partial charge is 0.506 e. The summed E-state index contributed by atoms with van der Waals surface area (Å²) >= 11 is 0. The number of phenolic OH excluding ortho intramolecular Hbond substituents is 1. The van der Waals surface area contributed by atoms with Gasteiger partial charge in [-0.15, -0.1) is 0 Å². The van der Waals surface area contributed by atoms with E-state index in [2.05, 4.69) is 19.2 Å². The number of hydrogen-bond acceptors (Lipinski definition) is 2. The van der Waals surface area contributed by atoms with Crippen molar-refractivity contribution >= 4 is 11.6 Å². The molecule has 1 fully saturated rings. The average molecular weight is 247 g/mol. The fourth-order valence-corrected chi connectivity index (χ4v) is 2.78. The summed E-state index contributed by atoms with van der Waals surface area (Å²) in [6.07, 6.45) is 3.13. The van der Waals surface area contributed by atoms with Crippen molar-refractivity contribution in [3.8, 4) is 5.75 Å². The summed E-state index contributed by atoms with van der Waals surface area (Å²) in [5.41, 5.74) is 1.55. The van der Waals surface area contributed by atoms with Crippen LogP contribution in [0.25, 0.3) is 0 Å². The number of anilines is 1. The first-order valence-electron chi connectivity index (χ1n) is 6.50. The van der Waals surface area contributed by atoms with Crippen molar-refractivity contribution < 1.29 is 9.90 Å².